The highest BCUT2D eigenvalue weighted by Crippen LogP contribution is 2.05. The zero-order valence-corrected chi connectivity index (χ0v) is 11.1. The predicted molar refractivity (Wildman–Crippen MR) is 72.4 cm³/mol. The van der Waals surface area contributed by atoms with E-state index < -0.39 is 0 Å². The smallest absolute Gasteiger partial charge is 0.191 e. The summed E-state index contributed by atoms with van der Waals surface area (Å²) in [7, 11) is 0. The third kappa shape index (κ3) is 4.61. The minimum absolute atomic E-state index is 0.514. The lowest BCUT2D eigenvalue weighted by molar-refractivity contribution is 0.458. The average molecular weight is 255 g/mol. The second-order valence-electron chi connectivity index (χ2n) is 3.65. The maximum atomic E-state index is 5.87. The molecule has 0 aliphatic carbocycles. The Morgan fingerprint density at radius 3 is 2.65 bits per heavy atom. The van der Waals surface area contributed by atoms with E-state index in [2.05, 4.69) is 23.8 Å². The average Bonchev–Trinajstić information content (AvgIpc) is 2.33. The van der Waals surface area contributed by atoms with Gasteiger partial charge in [-0.3, -0.25) is 4.99 Å². The van der Waals surface area contributed by atoms with Crippen molar-refractivity contribution in [2.24, 2.45) is 10.7 Å². The van der Waals surface area contributed by atoms with Gasteiger partial charge in [0, 0.05) is 25.8 Å². The summed E-state index contributed by atoms with van der Waals surface area (Å²) in [5.74, 6) is 0.608. The Morgan fingerprint density at radius 2 is 2.12 bits per heavy atom. The largest absolute Gasteiger partial charge is 0.370 e. The van der Waals surface area contributed by atoms with Crippen LogP contribution < -0.4 is 5.73 Å². The second-order valence-corrected chi connectivity index (χ2v) is 4.04. The van der Waals surface area contributed by atoms with Crippen molar-refractivity contribution in [3.8, 4) is 0 Å². The molecule has 0 radical (unpaired) electrons. The van der Waals surface area contributed by atoms with Crippen molar-refractivity contribution in [2.75, 3.05) is 19.6 Å². The number of hydrogen-bond donors (Lipinski definition) is 1. The van der Waals surface area contributed by atoms with Gasteiger partial charge in [-0.1, -0.05) is 17.7 Å². The van der Waals surface area contributed by atoms with E-state index in [1.165, 1.54) is 0 Å². The van der Waals surface area contributed by atoms with Crippen molar-refractivity contribution in [3.05, 3.63) is 29.0 Å². The summed E-state index contributed by atoms with van der Waals surface area (Å²) in [4.78, 5) is 10.4. The summed E-state index contributed by atoms with van der Waals surface area (Å²) in [6.45, 7) is 6.57. The lowest BCUT2D eigenvalue weighted by atomic mass is 10.2. The lowest BCUT2D eigenvalue weighted by Gasteiger charge is -2.19. The molecule has 0 aliphatic heterocycles. The molecule has 17 heavy (non-hydrogen) atoms. The van der Waals surface area contributed by atoms with Crippen molar-refractivity contribution in [3.63, 3.8) is 0 Å². The minimum atomic E-state index is 0.514. The molecule has 1 aromatic rings. The number of hydrogen-bond acceptors (Lipinski definition) is 2. The molecule has 2 N–H and O–H groups in total. The molecular weight excluding hydrogens is 236 g/mol. The topological polar surface area (TPSA) is 54.5 Å². The Balaban J connectivity index is 2.46. The standard InChI is InChI=1S/C12H19ClN4/c1-3-17(4-2)12(14)15-8-7-10-5-6-11(13)16-9-10/h5-6,9H,3-4,7-8H2,1-2H3,(H2,14,15). The van der Waals surface area contributed by atoms with Crippen molar-refractivity contribution in [2.45, 2.75) is 20.3 Å². The van der Waals surface area contributed by atoms with Gasteiger partial charge in [-0.25, -0.2) is 4.98 Å². The van der Waals surface area contributed by atoms with E-state index in [1.807, 2.05) is 11.0 Å². The van der Waals surface area contributed by atoms with Crippen LogP contribution in [0.25, 0.3) is 0 Å². The van der Waals surface area contributed by atoms with Crippen LogP contribution in [0, 0.1) is 0 Å². The lowest BCUT2D eigenvalue weighted by Crippen LogP contribution is -2.37. The first-order valence-electron chi connectivity index (χ1n) is 5.82. The first kappa shape index (κ1) is 13.8. The minimum Gasteiger partial charge on any atom is -0.370 e. The predicted octanol–water partition coefficient (Wildman–Crippen LogP) is 1.93. The molecule has 1 rings (SSSR count). The van der Waals surface area contributed by atoms with Gasteiger partial charge in [0.1, 0.15) is 5.15 Å². The SMILES string of the molecule is CCN(CC)C(N)=NCCc1ccc(Cl)nc1. The van der Waals surface area contributed by atoms with Crippen LogP contribution in [-0.2, 0) is 6.42 Å². The van der Waals surface area contributed by atoms with Crippen LogP contribution in [0.4, 0.5) is 0 Å². The number of guanidine groups is 1. The molecule has 0 aliphatic rings. The first-order chi connectivity index (χ1) is 8.17. The number of pyridine rings is 1. The Hall–Kier alpha value is -1.29. The molecule has 0 saturated heterocycles. The van der Waals surface area contributed by atoms with Gasteiger partial charge in [0.15, 0.2) is 5.96 Å². The van der Waals surface area contributed by atoms with Crippen molar-refractivity contribution in [1.29, 1.82) is 0 Å². The molecule has 1 aromatic heterocycles. The summed E-state index contributed by atoms with van der Waals surface area (Å²) >= 11 is 5.71. The van der Waals surface area contributed by atoms with E-state index in [-0.39, 0.29) is 0 Å². The number of aromatic nitrogens is 1. The van der Waals surface area contributed by atoms with Gasteiger partial charge in [-0.2, -0.15) is 0 Å². The highest BCUT2D eigenvalue weighted by Gasteiger charge is 2.01. The van der Waals surface area contributed by atoms with Gasteiger partial charge >= 0.3 is 0 Å². The third-order valence-corrected chi connectivity index (χ3v) is 2.77. The Labute approximate surface area is 108 Å². The third-order valence-electron chi connectivity index (χ3n) is 2.55. The maximum absolute atomic E-state index is 5.87. The fourth-order valence-electron chi connectivity index (χ4n) is 1.50. The molecule has 0 spiro atoms. The van der Waals surface area contributed by atoms with Crippen LogP contribution in [0.15, 0.2) is 23.3 Å². The molecule has 5 heteroatoms. The fraction of sp³-hybridized carbons (Fsp3) is 0.500. The van der Waals surface area contributed by atoms with Crippen molar-refractivity contribution >= 4 is 17.6 Å². The molecule has 0 atom stereocenters. The van der Waals surface area contributed by atoms with E-state index in [9.17, 15) is 0 Å². The number of halogens is 1. The van der Waals surface area contributed by atoms with Gasteiger partial charge in [0.05, 0.1) is 0 Å². The first-order valence-corrected chi connectivity index (χ1v) is 6.20. The molecule has 0 saturated carbocycles. The number of nitrogens with two attached hydrogens (primary N) is 1. The van der Waals surface area contributed by atoms with E-state index >= 15 is 0 Å². The Kier molecular flexibility index (Phi) is 5.77. The Bertz CT molecular complexity index is 357. The number of rotatable bonds is 5. The van der Waals surface area contributed by atoms with E-state index in [0.29, 0.717) is 17.7 Å². The fourth-order valence-corrected chi connectivity index (χ4v) is 1.61. The van der Waals surface area contributed by atoms with E-state index in [4.69, 9.17) is 17.3 Å². The molecule has 0 amide bonds. The van der Waals surface area contributed by atoms with Crippen LogP contribution in [0.3, 0.4) is 0 Å². The van der Waals surface area contributed by atoms with Crippen LogP contribution in [0.1, 0.15) is 19.4 Å². The second kappa shape index (κ2) is 7.12. The maximum Gasteiger partial charge on any atom is 0.191 e. The van der Waals surface area contributed by atoms with Crippen LogP contribution in [0.2, 0.25) is 5.15 Å². The van der Waals surface area contributed by atoms with Gasteiger partial charge in [0.2, 0.25) is 0 Å². The normalized spacial score (nSPS) is 11.6. The Morgan fingerprint density at radius 1 is 1.41 bits per heavy atom. The summed E-state index contributed by atoms with van der Waals surface area (Å²) in [6.07, 6.45) is 2.59. The summed E-state index contributed by atoms with van der Waals surface area (Å²) < 4.78 is 0. The molecule has 4 nitrogen and oxygen atoms in total. The van der Waals surface area contributed by atoms with Gasteiger partial charge in [-0.05, 0) is 31.9 Å². The van der Waals surface area contributed by atoms with Gasteiger partial charge in [0.25, 0.3) is 0 Å². The monoisotopic (exact) mass is 254 g/mol. The summed E-state index contributed by atoms with van der Waals surface area (Å²) in [5, 5.41) is 0.514. The van der Waals surface area contributed by atoms with E-state index in [0.717, 1.165) is 25.1 Å². The molecule has 0 bridgehead atoms. The zero-order chi connectivity index (χ0) is 12.7. The van der Waals surface area contributed by atoms with Crippen molar-refractivity contribution in [1.82, 2.24) is 9.88 Å². The van der Waals surface area contributed by atoms with Crippen LogP contribution in [-0.4, -0.2) is 35.5 Å². The molecule has 94 valence electrons. The molecule has 0 aromatic carbocycles. The van der Waals surface area contributed by atoms with Gasteiger partial charge in [-0.15, -0.1) is 0 Å². The molecule has 0 fully saturated rings. The molecule has 0 unspecified atom stereocenters. The number of aliphatic imine (C=N–C) groups is 1. The number of nitrogens with zero attached hydrogens (tertiary/aromatic N) is 3. The highest BCUT2D eigenvalue weighted by molar-refractivity contribution is 6.29. The molecular formula is C12H19ClN4. The molecule has 1 heterocycles. The summed E-state index contributed by atoms with van der Waals surface area (Å²) in [5.41, 5.74) is 6.98. The quantitative estimate of drug-likeness (QED) is 0.496. The zero-order valence-electron chi connectivity index (χ0n) is 10.4. The summed E-state index contributed by atoms with van der Waals surface area (Å²) in [6, 6.07) is 3.74. The van der Waals surface area contributed by atoms with Crippen molar-refractivity contribution < 1.29 is 0 Å². The van der Waals surface area contributed by atoms with E-state index in [1.54, 1.807) is 12.3 Å². The highest BCUT2D eigenvalue weighted by atomic mass is 35.5. The van der Waals surface area contributed by atoms with Crippen LogP contribution in [0.5, 0.6) is 0 Å². The van der Waals surface area contributed by atoms with Crippen LogP contribution >= 0.6 is 11.6 Å². The van der Waals surface area contributed by atoms with Gasteiger partial charge < -0.3 is 10.6 Å².